The second kappa shape index (κ2) is 7.12. The zero-order chi connectivity index (χ0) is 17.2. The Morgan fingerprint density at radius 2 is 2.00 bits per heavy atom. The molecule has 0 spiro atoms. The molecule has 134 valence electrons. The van der Waals surface area contributed by atoms with Gasteiger partial charge in [0.25, 0.3) is 5.56 Å². The monoisotopic (exact) mass is 342 g/mol. The highest BCUT2D eigenvalue weighted by atomic mass is 16.5. The van der Waals surface area contributed by atoms with Gasteiger partial charge in [-0.2, -0.15) is 5.10 Å². The summed E-state index contributed by atoms with van der Waals surface area (Å²) in [4.78, 5) is 14.7. The van der Waals surface area contributed by atoms with Gasteiger partial charge in [-0.3, -0.25) is 9.69 Å². The molecular weight excluding hydrogens is 316 g/mol. The van der Waals surface area contributed by atoms with Gasteiger partial charge in [-0.1, -0.05) is 5.16 Å². The summed E-state index contributed by atoms with van der Waals surface area (Å²) in [5.74, 6) is 1.46. The fraction of sp³-hybridized carbons (Fsp3) is 0.632. The lowest BCUT2D eigenvalue weighted by Crippen LogP contribution is -2.36. The summed E-state index contributed by atoms with van der Waals surface area (Å²) in [6, 6.07) is 3.82. The number of aryl methyl sites for hydroxylation is 3. The van der Waals surface area contributed by atoms with Crippen molar-refractivity contribution in [3.05, 3.63) is 45.2 Å². The number of fused-ring (bicyclic) bond motifs is 1. The first-order chi connectivity index (χ1) is 12.2. The van der Waals surface area contributed by atoms with E-state index in [0.717, 1.165) is 69.0 Å². The van der Waals surface area contributed by atoms with Crippen LogP contribution in [0.5, 0.6) is 0 Å². The maximum Gasteiger partial charge on any atom is 0.267 e. The van der Waals surface area contributed by atoms with E-state index in [9.17, 15) is 4.79 Å². The molecule has 1 saturated heterocycles. The largest absolute Gasteiger partial charge is 0.360 e. The van der Waals surface area contributed by atoms with Gasteiger partial charge in [0.2, 0.25) is 0 Å². The SMILES string of the molecule is Cc1cc(CN2CCC(Cn3nc4c(cc3=O)CCCC4)CC2)on1. The summed E-state index contributed by atoms with van der Waals surface area (Å²) in [6.45, 7) is 5.59. The molecule has 2 aromatic rings. The smallest absolute Gasteiger partial charge is 0.267 e. The zero-order valence-corrected chi connectivity index (χ0v) is 14.9. The molecule has 0 saturated carbocycles. The van der Waals surface area contributed by atoms with Crippen LogP contribution in [0.25, 0.3) is 0 Å². The van der Waals surface area contributed by atoms with Crippen molar-refractivity contribution in [3.8, 4) is 0 Å². The van der Waals surface area contributed by atoms with Crippen molar-refractivity contribution >= 4 is 0 Å². The van der Waals surface area contributed by atoms with Gasteiger partial charge >= 0.3 is 0 Å². The fourth-order valence-electron chi connectivity index (χ4n) is 4.01. The summed E-state index contributed by atoms with van der Waals surface area (Å²) in [6.07, 6.45) is 6.60. The Labute approximate surface area is 147 Å². The summed E-state index contributed by atoms with van der Waals surface area (Å²) in [7, 11) is 0. The van der Waals surface area contributed by atoms with Crippen LogP contribution in [0.15, 0.2) is 21.5 Å². The maximum absolute atomic E-state index is 12.3. The summed E-state index contributed by atoms with van der Waals surface area (Å²) in [5, 5.41) is 8.61. The third kappa shape index (κ3) is 3.84. The molecule has 0 atom stereocenters. The van der Waals surface area contributed by atoms with Gasteiger partial charge in [0.1, 0.15) is 0 Å². The van der Waals surface area contributed by atoms with Crippen molar-refractivity contribution in [2.75, 3.05) is 13.1 Å². The van der Waals surface area contributed by atoms with Gasteiger partial charge in [-0.05, 0) is 70.0 Å². The Morgan fingerprint density at radius 1 is 1.20 bits per heavy atom. The number of rotatable bonds is 4. The van der Waals surface area contributed by atoms with E-state index in [1.54, 1.807) is 4.68 Å². The standard InChI is InChI=1S/C19H26N4O2/c1-14-10-17(25-21-14)13-22-8-6-15(7-9-22)12-23-19(24)11-16-4-2-3-5-18(16)20-23/h10-11,15H,2-9,12-13H2,1H3. The molecule has 6 heteroatoms. The molecule has 1 fully saturated rings. The molecule has 1 aliphatic heterocycles. The maximum atomic E-state index is 12.3. The van der Waals surface area contributed by atoms with E-state index in [1.807, 2.05) is 19.1 Å². The topological polar surface area (TPSA) is 64.2 Å². The molecule has 2 aliphatic rings. The van der Waals surface area contributed by atoms with Crippen LogP contribution in [0.2, 0.25) is 0 Å². The van der Waals surface area contributed by atoms with E-state index in [4.69, 9.17) is 4.52 Å². The average Bonchev–Trinajstić information content (AvgIpc) is 3.02. The van der Waals surface area contributed by atoms with Crippen LogP contribution in [0.4, 0.5) is 0 Å². The summed E-state index contributed by atoms with van der Waals surface area (Å²) in [5.41, 5.74) is 3.32. The molecule has 4 rings (SSSR count). The molecule has 0 aromatic carbocycles. The van der Waals surface area contributed by atoms with Crippen molar-refractivity contribution < 1.29 is 4.52 Å². The first-order valence-electron chi connectivity index (χ1n) is 9.42. The molecule has 0 bridgehead atoms. The van der Waals surface area contributed by atoms with E-state index >= 15 is 0 Å². The first-order valence-corrected chi connectivity index (χ1v) is 9.42. The Kier molecular flexibility index (Phi) is 4.70. The van der Waals surface area contributed by atoms with E-state index in [-0.39, 0.29) is 5.56 Å². The molecule has 0 radical (unpaired) electrons. The van der Waals surface area contributed by atoms with Crippen molar-refractivity contribution in [1.82, 2.24) is 19.8 Å². The van der Waals surface area contributed by atoms with Crippen LogP contribution in [0.3, 0.4) is 0 Å². The quantitative estimate of drug-likeness (QED) is 0.853. The molecule has 0 amide bonds. The highest BCUT2D eigenvalue weighted by molar-refractivity contribution is 5.20. The summed E-state index contributed by atoms with van der Waals surface area (Å²) >= 11 is 0. The van der Waals surface area contributed by atoms with Crippen LogP contribution in [0, 0.1) is 12.8 Å². The van der Waals surface area contributed by atoms with Gasteiger partial charge in [0, 0.05) is 18.7 Å². The van der Waals surface area contributed by atoms with Gasteiger partial charge in [-0.25, -0.2) is 4.68 Å². The third-order valence-electron chi connectivity index (χ3n) is 5.47. The highest BCUT2D eigenvalue weighted by Crippen LogP contribution is 2.21. The van der Waals surface area contributed by atoms with Crippen LogP contribution >= 0.6 is 0 Å². The lowest BCUT2D eigenvalue weighted by molar-refractivity contribution is 0.150. The molecule has 1 aliphatic carbocycles. The molecule has 6 nitrogen and oxygen atoms in total. The van der Waals surface area contributed by atoms with Crippen molar-refractivity contribution in [3.63, 3.8) is 0 Å². The minimum Gasteiger partial charge on any atom is -0.360 e. The minimum atomic E-state index is 0.0696. The van der Waals surface area contributed by atoms with Crippen LogP contribution in [-0.2, 0) is 25.9 Å². The lowest BCUT2D eigenvalue weighted by Gasteiger charge is -2.31. The predicted molar refractivity (Wildman–Crippen MR) is 94.4 cm³/mol. The van der Waals surface area contributed by atoms with E-state index in [2.05, 4.69) is 15.2 Å². The highest BCUT2D eigenvalue weighted by Gasteiger charge is 2.22. The van der Waals surface area contributed by atoms with Crippen molar-refractivity contribution in [2.45, 2.75) is 58.5 Å². The Hall–Kier alpha value is -1.95. The number of likely N-dealkylation sites (tertiary alicyclic amines) is 1. The van der Waals surface area contributed by atoms with E-state index in [1.165, 1.54) is 18.4 Å². The van der Waals surface area contributed by atoms with Gasteiger partial charge in [-0.15, -0.1) is 0 Å². The minimum absolute atomic E-state index is 0.0696. The van der Waals surface area contributed by atoms with Gasteiger partial charge < -0.3 is 4.52 Å². The van der Waals surface area contributed by atoms with Crippen molar-refractivity contribution in [2.24, 2.45) is 5.92 Å². The molecule has 0 unspecified atom stereocenters. The number of hydrogen-bond acceptors (Lipinski definition) is 5. The number of nitrogens with zero attached hydrogens (tertiary/aromatic N) is 4. The third-order valence-corrected chi connectivity index (χ3v) is 5.47. The number of hydrogen-bond donors (Lipinski definition) is 0. The Morgan fingerprint density at radius 3 is 2.76 bits per heavy atom. The number of piperidine rings is 1. The van der Waals surface area contributed by atoms with Crippen LogP contribution in [0.1, 0.15) is 48.4 Å². The second-order valence-corrected chi connectivity index (χ2v) is 7.50. The first kappa shape index (κ1) is 16.5. The summed E-state index contributed by atoms with van der Waals surface area (Å²) < 4.78 is 7.02. The Balaban J connectivity index is 1.35. The van der Waals surface area contributed by atoms with Crippen molar-refractivity contribution in [1.29, 1.82) is 0 Å². The van der Waals surface area contributed by atoms with Gasteiger partial charge in [0.05, 0.1) is 17.9 Å². The fourth-order valence-corrected chi connectivity index (χ4v) is 4.01. The van der Waals surface area contributed by atoms with Crippen LogP contribution in [-0.4, -0.2) is 32.9 Å². The molecule has 25 heavy (non-hydrogen) atoms. The average molecular weight is 342 g/mol. The van der Waals surface area contributed by atoms with E-state index in [0.29, 0.717) is 5.92 Å². The lowest BCUT2D eigenvalue weighted by atomic mass is 9.96. The molecule has 3 heterocycles. The van der Waals surface area contributed by atoms with E-state index < -0.39 is 0 Å². The number of aromatic nitrogens is 3. The van der Waals surface area contributed by atoms with Gasteiger partial charge in [0.15, 0.2) is 5.76 Å². The molecule has 0 N–H and O–H groups in total. The molecular formula is C19H26N4O2. The normalized spacial score (nSPS) is 19.1. The molecule has 2 aromatic heterocycles. The predicted octanol–water partition coefficient (Wildman–Crippen LogP) is 2.33. The second-order valence-electron chi connectivity index (χ2n) is 7.50. The van der Waals surface area contributed by atoms with Crippen LogP contribution < -0.4 is 5.56 Å². The Bertz CT molecular complexity index is 787. The zero-order valence-electron chi connectivity index (χ0n) is 14.9.